The topological polar surface area (TPSA) is 61.8 Å². The minimum Gasteiger partial charge on any atom is -0.485 e. The summed E-state index contributed by atoms with van der Waals surface area (Å²) in [5.74, 6) is 0.745. The molecule has 0 aliphatic carbocycles. The number of Topliss-reactive ketones (excluding diaryl/α,β-unsaturated/α-hetero) is 1. The van der Waals surface area contributed by atoms with E-state index in [1.165, 1.54) is 6.07 Å². The summed E-state index contributed by atoms with van der Waals surface area (Å²) in [4.78, 5) is 25.3. The summed E-state index contributed by atoms with van der Waals surface area (Å²) in [6, 6.07) is 19.0. The third-order valence-corrected chi connectivity index (χ3v) is 5.59. The number of allylic oxidation sites excluding steroid dienone is 1. The van der Waals surface area contributed by atoms with Crippen molar-refractivity contribution in [3.05, 3.63) is 106 Å². The average molecular weight is 445 g/mol. The number of carbonyl (C=O) groups is 2. The molecule has 0 amide bonds. The van der Waals surface area contributed by atoms with Crippen LogP contribution in [0.15, 0.2) is 84.1 Å². The lowest BCUT2D eigenvalue weighted by atomic mass is 10.0. The van der Waals surface area contributed by atoms with Gasteiger partial charge in [-0.15, -0.1) is 0 Å². The molecule has 0 unspecified atom stereocenters. The molecule has 0 radical (unpaired) electrons. The minimum absolute atomic E-state index is 0.190. The van der Waals surface area contributed by atoms with Gasteiger partial charge in [0, 0.05) is 11.6 Å². The fourth-order valence-electron chi connectivity index (χ4n) is 3.59. The molecule has 5 nitrogen and oxygen atoms in total. The molecule has 3 aromatic rings. The van der Waals surface area contributed by atoms with Crippen LogP contribution in [0.2, 0.25) is 5.02 Å². The molecule has 0 bridgehead atoms. The van der Waals surface area contributed by atoms with Gasteiger partial charge in [0.1, 0.15) is 23.4 Å². The smallest absolute Gasteiger partial charge is 0.345 e. The van der Waals surface area contributed by atoms with Gasteiger partial charge in [0.15, 0.2) is 5.76 Å². The van der Waals surface area contributed by atoms with Crippen molar-refractivity contribution in [2.75, 3.05) is 0 Å². The molecule has 2 aliphatic heterocycles. The molecule has 6 heteroatoms. The van der Waals surface area contributed by atoms with Gasteiger partial charge in [0.2, 0.25) is 5.78 Å². The van der Waals surface area contributed by atoms with Crippen LogP contribution in [0.5, 0.6) is 17.2 Å². The first-order valence-electron chi connectivity index (χ1n) is 10.0. The first-order chi connectivity index (χ1) is 15.5. The zero-order valence-electron chi connectivity index (χ0n) is 17.0. The Morgan fingerprint density at radius 2 is 1.81 bits per heavy atom. The van der Waals surface area contributed by atoms with Crippen molar-refractivity contribution in [2.45, 2.75) is 13.0 Å². The van der Waals surface area contributed by atoms with Crippen molar-refractivity contribution < 1.29 is 23.8 Å². The number of hydrogen-bond donors (Lipinski definition) is 0. The van der Waals surface area contributed by atoms with E-state index in [9.17, 15) is 9.59 Å². The van der Waals surface area contributed by atoms with Crippen LogP contribution in [0.1, 0.15) is 33.2 Å². The number of esters is 1. The van der Waals surface area contributed by atoms with E-state index in [4.69, 9.17) is 25.8 Å². The molecular weight excluding hydrogens is 428 g/mol. The van der Waals surface area contributed by atoms with Gasteiger partial charge in [0.05, 0.1) is 16.1 Å². The highest BCUT2D eigenvalue weighted by atomic mass is 35.5. The largest absolute Gasteiger partial charge is 0.485 e. The van der Waals surface area contributed by atoms with Crippen LogP contribution in [-0.2, 0) is 0 Å². The van der Waals surface area contributed by atoms with Gasteiger partial charge >= 0.3 is 5.97 Å². The van der Waals surface area contributed by atoms with Crippen LogP contribution in [0, 0.1) is 0 Å². The molecule has 2 aliphatic rings. The Morgan fingerprint density at radius 1 is 1.03 bits per heavy atom. The van der Waals surface area contributed by atoms with Crippen molar-refractivity contribution >= 4 is 29.4 Å². The van der Waals surface area contributed by atoms with Gasteiger partial charge in [-0.1, -0.05) is 41.9 Å². The fourth-order valence-corrected chi connectivity index (χ4v) is 3.81. The zero-order valence-corrected chi connectivity index (χ0v) is 17.8. The molecular formula is C26H17ClO5. The summed E-state index contributed by atoms with van der Waals surface area (Å²) in [7, 11) is 0. The van der Waals surface area contributed by atoms with Crippen molar-refractivity contribution in [2.24, 2.45) is 0 Å². The van der Waals surface area contributed by atoms with E-state index in [1.807, 2.05) is 37.3 Å². The van der Waals surface area contributed by atoms with Crippen LogP contribution in [-0.4, -0.2) is 17.9 Å². The first kappa shape index (κ1) is 20.1. The van der Waals surface area contributed by atoms with Gasteiger partial charge in [-0.05, 0) is 55.0 Å². The van der Waals surface area contributed by atoms with Gasteiger partial charge in [-0.2, -0.15) is 0 Å². The molecule has 2 heterocycles. The maximum absolute atomic E-state index is 12.8. The van der Waals surface area contributed by atoms with Crippen LogP contribution >= 0.6 is 11.6 Å². The van der Waals surface area contributed by atoms with Crippen molar-refractivity contribution in [3.8, 4) is 17.2 Å². The van der Waals surface area contributed by atoms with Crippen LogP contribution < -0.4 is 14.2 Å². The number of halogens is 1. The Balaban J connectivity index is 1.39. The molecule has 1 atom stereocenters. The highest BCUT2D eigenvalue weighted by Gasteiger charge is 2.29. The van der Waals surface area contributed by atoms with Crippen molar-refractivity contribution in [1.29, 1.82) is 0 Å². The third-order valence-electron chi connectivity index (χ3n) is 5.26. The van der Waals surface area contributed by atoms with Gasteiger partial charge in [-0.3, -0.25) is 4.79 Å². The molecule has 158 valence electrons. The zero-order chi connectivity index (χ0) is 22.2. The van der Waals surface area contributed by atoms with Crippen LogP contribution in [0.4, 0.5) is 0 Å². The lowest BCUT2D eigenvalue weighted by molar-refractivity contribution is 0.0734. The van der Waals surface area contributed by atoms with Gasteiger partial charge in [-0.25, -0.2) is 4.79 Å². The number of ether oxygens (including phenoxy) is 3. The number of benzene rings is 3. The maximum atomic E-state index is 12.8. The predicted molar refractivity (Wildman–Crippen MR) is 120 cm³/mol. The van der Waals surface area contributed by atoms with E-state index in [0.717, 1.165) is 16.9 Å². The Bertz CT molecular complexity index is 1320. The van der Waals surface area contributed by atoms with Gasteiger partial charge < -0.3 is 14.2 Å². The Labute approximate surface area is 189 Å². The van der Waals surface area contributed by atoms with Crippen LogP contribution in [0.3, 0.4) is 0 Å². The second-order valence-electron chi connectivity index (χ2n) is 7.41. The molecule has 0 aromatic heterocycles. The number of para-hydroxylation sites is 1. The van der Waals surface area contributed by atoms with E-state index in [2.05, 4.69) is 0 Å². The highest BCUT2D eigenvalue weighted by molar-refractivity contribution is 6.33. The average Bonchev–Trinajstić information content (AvgIpc) is 3.09. The monoisotopic (exact) mass is 444 g/mol. The molecule has 0 fully saturated rings. The third kappa shape index (κ3) is 3.67. The fraction of sp³-hybridized carbons (Fsp3) is 0.0769. The Kier molecular flexibility index (Phi) is 5.04. The second-order valence-corrected chi connectivity index (χ2v) is 7.82. The summed E-state index contributed by atoms with van der Waals surface area (Å²) in [6.45, 7) is 1.91. The van der Waals surface area contributed by atoms with Crippen molar-refractivity contribution in [1.82, 2.24) is 0 Å². The van der Waals surface area contributed by atoms with E-state index in [1.54, 1.807) is 42.5 Å². The van der Waals surface area contributed by atoms with Crippen molar-refractivity contribution in [3.63, 3.8) is 0 Å². The summed E-state index contributed by atoms with van der Waals surface area (Å²) in [5.41, 5.74) is 2.42. The molecule has 0 N–H and O–H groups in total. The van der Waals surface area contributed by atoms with E-state index in [0.29, 0.717) is 16.3 Å². The van der Waals surface area contributed by atoms with E-state index >= 15 is 0 Å². The lowest BCUT2D eigenvalue weighted by Crippen LogP contribution is -2.18. The molecule has 0 spiro atoms. The summed E-state index contributed by atoms with van der Waals surface area (Å²) in [5, 5.41) is 0.300. The number of fused-ring (bicyclic) bond motifs is 2. The molecule has 3 aromatic carbocycles. The van der Waals surface area contributed by atoms with E-state index < -0.39 is 5.97 Å². The maximum Gasteiger partial charge on any atom is 0.345 e. The Morgan fingerprint density at radius 3 is 2.66 bits per heavy atom. The van der Waals surface area contributed by atoms with Gasteiger partial charge in [0.25, 0.3) is 0 Å². The number of rotatable bonds is 3. The minimum atomic E-state index is -0.590. The first-order valence-corrected chi connectivity index (χ1v) is 10.4. The molecule has 0 saturated heterocycles. The van der Waals surface area contributed by atoms with Crippen LogP contribution in [0.25, 0.3) is 6.08 Å². The Hall–Kier alpha value is -3.83. The standard InChI is InChI=1S/C26H17ClO5/c1-15-17(12-16-6-2-5-9-22(16)30-15)13-24-25(28)20-11-10-18(14-23(20)32-24)31-26(29)19-7-3-4-8-21(19)27/h2-15H,1H3/b24-13-/t15-/m1/s1. The van der Waals surface area contributed by atoms with E-state index in [-0.39, 0.29) is 29.0 Å². The number of carbonyl (C=O) groups excluding carboxylic acids is 2. The highest BCUT2D eigenvalue weighted by Crippen LogP contribution is 2.36. The molecule has 0 saturated carbocycles. The summed E-state index contributed by atoms with van der Waals surface area (Å²) >= 11 is 6.06. The number of ketones is 1. The molecule has 32 heavy (non-hydrogen) atoms. The normalized spacial score (nSPS) is 17.7. The lowest BCUT2D eigenvalue weighted by Gasteiger charge is -2.22. The quantitative estimate of drug-likeness (QED) is 0.286. The summed E-state index contributed by atoms with van der Waals surface area (Å²) < 4.78 is 17.2. The molecule has 5 rings (SSSR count). The SMILES string of the molecule is C[C@H]1Oc2ccccc2C=C1/C=C1\Oc2cc(OC(=O)c3ccccc3Cl)ccc2C1=O. The number of hydrogen-bond acceptors (Lipinski definition) is 5. The summed E-state index contributed by atoms with van der Waals surface area (Å²) in [6.07, 6.45) is 3.44. The second kappa shape index (κ2) is 8.02. The predicted octanol–water partition coefficient (Wildman–Crippen LogP) is 5.88.